The van der Waals surface area contributed by atoms with Gasteiger partial charge in [-0.3, -0.25) is 20.4 Å². The third kappa shape index (κ3) is 16.5. The SMILES string of the molecule is CC(C)n1[c-]nn[c-]1.CC(C)n1[c-]nnc1.CC(C)n1[c-]nnc1.[Y].[Y].[Y].[Y]. The van der Waals surface area contributed by atoms with Gasteiger partial charge in [0.15, 0.2) is 0 Å². The van der Waals surface area contributed by atoms with Crippen LogP contribution in [0.15, 0.2) is 12.7 Å². The fraction of sp³-hybridized carbons (Fsp3) is 0.600. The molecule has 0 spiro atoms. The van der Waals surface area contributed by atoms with Gasteiger partial charge < -0.3 is 36.6 Å². The first-order valence-electron chi connectivity index (χ1n) is 7.66. The second kappa shape index (κ2) is 22.0. The largest absolute Gasteiger partial charge is 0.664 e. The van der Waals surface area contributed by atoms with E-state index < -0.39 is 0 Å². The molecule has 0 aromatic carbocycles. The summed E-state index contributed by atoms with van der Waals surface area (Å²) in [6.07, 6.45) is 14.0. The summed E-state index contributed by atoms with van der Waals surface area (Å²) in [6.45, 7) is 12.3. The maximum Gasteiger partial charge on any atom is 0 e. The molecule has 3 rings (SSSR count). The first kappa shape index (κ1) is 37.2. The van der Waals surface area contributed by atoms with E-state index in [4.69, 9.17) is 0 Å². The van der Waals surface area contributed by atoms with Crippen molar-refractivity contribution < 1.29 is 131 Å². The minimum absolute atomic E-state index is 0. The van der Waals surface area contributed by atoms with Crippen molar-refractivity contribution in [3.8, 4) is 0 Å². The van der Waals surface area contributed by atoms with E-state index in [-0.39, 0.29) is 131 Å². The van der Waals surface area contributed by atoms with E-state index in [1.54, 1.807) is 17.2 Å². The van der Waals surface area contributed by atoms with Crippen LogP contribution in [0.2, 0.25) is 0 Å². The van der Waals surface area contributed by atoms with Crippen LogP contribution < -0.4 is 0 Å². The second-order valence-electron chi connectivity index (χ2n) is 5.73. The van der Waals surface area contributed by atoms with Gasteiger partial charge in [-0.25, -0.2) is 0 Å². The summed E-state index contributed by atoms with van der Waals surface area (Å²) in [6, 6.07) is 1.21. The third-order valence-corrected chi connectivity index (χ3v) is 2.77. The molecule has 0 aliphatic rings. The molecule has 144 valence electrons. The molecule has 9 nitrogen and oxygen atoms in total. The van der Waals surface area contributed by atoms with Crippen LogP contribution >= 0.6 is 0 Å². The Morgan fingerprint density at radius 3 is 1.04 bits per heavy atom. The molecule has 3 aromatic heterocycles. The Labute approximate surface area is 268 Å². The van der Waals surface area contributed by atoms with Crippen LogP contribution in [0.3, 0.4) is 0 Å². The van der Waals surface area contributed by atoms with Crippen molar-refractivity contribution in [2.45, 2.75) is 59.7 Å². The van der Waals surface area contributed by atoms with Crippen molar-refractivity contribution in [3.05, 3.63) is 38.0 Å². The normalized spacial score (nSPS) is 8.89. The minimum atomic E-state index is 0. The van der Waals surface area contributed by atoms with Gasteiger partial charge in [-0.15, -0.1) is 0 Å². The van der Waals surface area contributed by atoms with Crippen LogP contribution in [0.25, 0.3) is 0 Å². The molecule has 0 saturated carbocycles. The van der Waals surface area contributed by atoms with E-state index in [9.17, 15) is 0 Å². The van der Waals surface area contributed by atoms with Crippen LogP contribution in [0.1, 0.15) is 59.7 Å². The molecule has 0 fully saturated rings. The van der Waals surface area contributed by atoms with Gasteiger partial charge >= 0.3 is 0 Å². The number of hydrogen-bond donors (Lipinski definition) is 0. The smallest absolute Gasteiger partial charge is 0 e. The number of hydrogen-bond acceptors (Lipinski definition) is 6. The third-order valence-electron chi connectivity index (χ3n) is 2.77. The molecule has 0 unspecified atom stereocenters. The van der Waals surface area contributed by atoms with Crippen molar-refractivity contribution in [3.63, 3.8) is 0 Å². The van der Waals surface area contributed by atoms with Gasteiger partial charge in [0.2, 0.25) is 0 Å². The van der Waals surface area contributed by atoms with E-state index >= 15 is 0 Å². The number of nitrogens with zero attached hydrogens (tertiary/aromatic N) is 9. The molecule has 0 amide bonds. The molecule has 0 saturated heterocycles. The van der Waals surface area contributed by atoms with Gasteiger partial charge in [-0.05, 0) is 85.0 Å². The molecule has 0 aliphatic carbocycles. The Kier molecular flexibility index (Phi) is 29.3. The average molecular weight is 685 g/mol. The topological polar surface area (TPSA) is 92.1 Å². The van der Waals surface area contributed by atoms with E-state index in [2.05, 4.69) is 83.6 Å². The van der Waals surface area contributed by atoms with Crippen LogP contribution in [-0.4, -0.2) is 44.3 Å². The average Bonchev–Trinajstić information content (AvgIpc) is 3.29. The zero-order valence-electron chi connectivity index (χ0n) is 17.2. The predicted molar refractivity (Wildman–Crippen MR) is 86.6 cm³/mol. The maximum absolute atomic E-state index is 3.60. The van der Waals surface area contributed by atoms with Crippen molar-refractivity contribution >= 4 is 0 Å². The number of rotatable bonds is 3. The van der Waals surface area contributed by atoms with Crippen molar-refractivity contribution in [1.82, 2.24) is 44.3 Å². The Balaban J connectivity index is -0.000000144. The monoisotopic (exact) mass is 685 g/mol. The van der Waals surface area contributed by atoms with Crippen LogP contribution in [0.4, 0.5) is 0 Å². The van der Waals surface area contributed by atoms with E-state index in [1.165, 1.54) is 0 Å². The molecule has 0 atom stereocenters. The fourth-order valence-electron chi connectivity index (χ4n) is 1.26. The van der Waals surface area contributed by atoms with Crippen LogP contribution in [0.5, 0.6) is 0 Å². The van der Waals surface area contributed by atoms with E-state index in [0.29, 0.717) is 18.1 Å². The van der Waals surface area contributed by atoms with Gasteiger partial charge in [0.1, 0.15) is 0 Å². The van der Waals surface area contributed by atoms with Gasteiger partial charge in [0.25, 0.3) is 0 Å². The van der Waals surface area contributed by atoms with E-state index in [0.717, 1.165) is 0 Å². The molecular weight excluding hydrogens is 662 g/mol. The summed E-state index contributed by atoms with van der Waals surface area (Å²) in [5, 5.41) is 21.2. The maximum atomic E-state index is 3.60. The summed E-state index contributed by atoms with van der Waals surface area (Å²) in [5.41, 5.74) is 0. The zero-order valence-corrected chi connectivity index (χ0v) is 28.6. The minimum Gasteiger partial charge on any atom is -0.664 e. The summed E-state index contributed by atoms with van der Waals surface area (Å²) < 4.78 is 5.33. The Bertz CT molecular complexity index is 536. The molecular formula is C15H23N9Y4-4. The molecule has 3 heterocycles. The van der Waals surface area contributed by atoms with Crippen LogP contribution in [-0.2, 0) is 131 Å². The van der Waals surface area contributed by atoms with Crippen molar-refractivity contribution in [2.24, 2.45) is 0 Å². The van der Waals surface area contributed by atoms with Crippen molar-refractivity contribution in [2.75, 3.05) is 0 Å². The molecule has 4 radical (unpaired) electrons. The molecule has 3 aromatic rings. The van der Waals surface area contributed by atoms with Gasteiger partial charge in [-0.1, -0.05) is 0 Å². The Morgan fingerprint density at radius 2 is 0.893 bits per heavy atom. The van der Waals surface area contributed by atoms with Gasteiger partial charge in [0, 0.05) is 131 Å². The molecule has 0 bridgehead atoms. The van der Waals surface area contributed by atoms with Gasteiger partial charge in [0.05, 0.1) is 0 Å². The summed E-state index contributed by atoms with van der Waals surface area (Å²) in [4.78, 5) is 0. The first-order valence-corrected chi connectivity index (χ1v) is 7.66. The summed E-state index contributed by atoms with van der Waals surface area (Å²) in [7, 11) is 0. The Morgan fingerprint density at radius 1 is 0.536 bits per heavy atom. The Hall–Kier alpha value is 1.84. The molecule has 13 heteroatoms. The van der Waals surface area contributed by atoms with Crippen LogP contribution in [0, 0.1) is 25.3 Å². The van der Waals surface area contributed by atoms with Crippen molar-refractivity contribution in [1.29, 1.82) is 0 Å². The number of aromatic nitrogens is 9. The standard InChI is InChI=1S/2C5H8N3.C5H7N3.4Y/c3*1-5(2)8-3-6-7-4-8;;;;/h2*3,5H,1-2H3;5H,1-2H3;;;;/q2*-1;-2;;;;. The fourth-order valence-corrected chi connectivity index (χ4v) is 1.26. The molecule has 0 N–H and O–H groups in total. The second-order valence-corrected chi connectivity index (χ2v) is 5.73. The first-order chi connectivity index (χ1) is 11.4. The summed E-state index contributed by atoms with van der Waals surface area (Å²) in [5.74, 6) is 0. The van der Waals surface area contributed by atoms with Gasteiger partial charge in [-0.2, -0.15) is 0 Å². The quantitative estimate of drug-likeness (QED) is 0.391. The predicted octanol–water partition coefficient (Wildman–Crippen LogP) is 1.77. The molecule has 0 aliphatic heterocycles. The van der Waals surface area contributed by atoms with E-state index in [1.807, 2.05) is 23.0 Å². The molecule has 28 heavy (non-hydrogen) atoms. The summed E-state index contributed by atoms with van der Waals surface area (Å²) >= 11 is 0. The zero-order chi connectivity index (χ0) is 17.9.